The van der Waals surface area contributed by atoms with Gasteiger partial charge in [-0.2, -0.15) is 0 Å². The first-order valence-corrected chi connectivity index (χ1v) is 8.44. The Morgan fingerprint density at radius 1 is 1.04 bits per heavy atom. The molecule has 1 spiro atoms. The third kappa shape index (κ3) is 2.99. The van der Waals surface area contributed by atoms with Crippen molar-refractivity contribution in [3.8, 4) is 0 Å². The third-order valence-electron chi connectivity index (χ3n) is 4.88. The van der Waals surface area contributed by atoms with Gasteiger partial charge in [0.1, 0.15) is 5.60 Å². The second kappa shape index (κ2) is 5.50. The van der Waals surface area contributed by atoms with Crippen molar-refractivity contribution in [1.29, 1.82) is 0 Å². The number of rotatable bonds is 1. The maximum Gasteiger partial charge on any atom is 0.410 e. The van der Waals surface area contributed by atoms with Gasteiger partial charge in [-0.1, -0.05) is 12.1 Å². The highest BCUT2D eigenvalue weighted by molar-refractivity contribution is 5.96. The lowest BCUT2D eigenvalue weighted by Gasteiger charge is -2.59. The van der Waals surface area contributed by atoms with Crippen LogP contribution in [0.3, 0.4) is 0 Å². The molecule has 2 amide bonds. The molecule has 24 heavy (non-hydrogen) atoms. The Hall–Kier alpha value is -2.04. The topological polar surface area (TPSA) is 49.9 Å². The molecule has 2 aliphatic rings. The Labute approximate surface area is 143 Å². The Balaban J connectivity index is 1.54. The minimum atomic E-state index is -0.468. The van der Waals surface area contributed by atoms with Crippen LogP contribution in [-0.2, 0) is 4.74 Å². The maximum atomic E-state index is 12.7. The number of amides is 2. The molecule has 2 saturated heterocycles. The van der Waals surface area contributed by atoms with Crippen molar-refractivity contribution < 1.29 is 14.3 Å². The van der Waals surface area contributed by atoms with Crippen LogP contribution in [0.2, 0.25) is 0 Å². The second-order valence-corrected chi connectivity index (χ2v) is 8.25. The first-order valence-electron chi connectivity index (χ1n) is 8.44. The lowest BCUT2D eigenvalue weighted by atomic mass is 9.72. The smallest absolute Gasteiger partial charge is 0.410 e. The molecule has 0 unspecified atom stereocenters. The van der Waals surface area contributed by atoms with Gasteiger partial charge in [-0.05, 0) is 51.8 Å². The summed E-state index contributed by atoms with van der Waals surface area (Å²) in [4.78, 5) is 28.3. The van der Waals surface area contributed by atoms with Crippen molar-refractivity contribution in [1.82, 2.24) is 9.80 Å². The number of likely N-dealkylation sites (tertiary alicyclic amines) is 2. The van der Waals surface area contributed by atoms with Crippen molar-refractivity contribution in [3.05, 3.63) is 34.9 Å². The van der Waals surface area contributed by atoms with Crippen LogP contribution in [0, 0.1) is 19.3 Å². The number of carbonyl (C=O) groups is 2. The molecule has 0 saturated carbocycles. The standard InChI is InChI=1S/C19H26N2O3/c1-13-7-6-8-15(14(13)2)16(22)20-9-19(10-20)11-21(12-19)17(23)24-18(3,4)5/h6-8H,9-12H2,1-5H3. The van der Waals surface area contributed by atoms with E-state index in [9.17, 15) is 9.59 Å². The van der Waals surface area contributed by atoms with Gasteiger partial charge in [0.15, 0.2) is 0 Å². The predicted octanol–water partition coefficient (Wildman–Crippen LogP) is 3.00. The monoisotopic (exact) mass is 330 g/mol. The molecule has 130 valence electrons. The molecule has 2 fully saturated rings. The van der Waals surface area contributed by atoms with E-state index in [1.807, 2.05) is 57.7 Å². The predicted molar refractivity (Wildman–Crippen MR) is 92.1 cm³/mol. The van der Waals surface area contributed by atoms with E-state index < -0.39 is 5.60 Å². The van der Waals surface area contributed by atoms with E-state index in [0.717, 1.165) is 29.8 Å². The van der Waals surface area contributed by atoms with Crippen LogP contribution >= 0.6 is 0 Å². The van der Waals surface area contributed by atoms with Gasteiger partial charge in [-0.15, -0.1) is 0 Å². The van der Waals surface area contributed by atoms with Crippen molar-refractivity contribution >= 4 is 12.0 Å². The van der Waals surface area contributed by atoms with E-state index in [1.54, 1.807) is 4.90 Å². The van der Waals surface area contributed by atoms with Crippen LogP contribution < -0.4 is 0 Å². The van der Waals surface area contributed by atoms with Crippen LogP contribution in [-0.4, -0.2) is 53.6 Å². The highest BCUT2D eigenvalue weighted by Crippen LogP contribution is 2.41. The van der Waals surface area contributed by atoms with E-state index in [2.05, 4.69) is 0 Å². The van der Waals surface area contributed by atoms with Crippen molar-refractivity contribution in [3.63, 3.8) is 0 Å². The number of nitrogens with zero attached hydrogens (tertiary/aromatic N) is 2. The highest BCUT2D eigenvalue weighted by Gasteiger charge is 2.55. The van der Waals surface area contributed by atoms with Crippen molar-refractivity contribution in [2.75, 3.05) is 26.2 Å². The molecular formula is C19H26N2O3. The molecule has 0 atom stereocenters. The van der Waals surface area contributed by atoms with Crippen LogP contribution in [0.5, 0.6) is 0 Å². The summed E-state index contributed by atoms with van der Waals surface area (Å²) in [7, 11) is 0. The first kappa shape index (κ1) is 16.8. The zero-order valence-corrected chi connectivity index (χ0v) is 15.2. The normalized spacial score (nSPS) is 18.9. The van der Waals surface area contributed by atoms with Crippen LogP contribution in [0.4, 0.5) is 4.79 Å². The molecule has 2 heterocycles. The Bertz CT molecular complexity index is 676. The molecule has 0 N–H and O–H groups in total. The number of hydrogen-bond acceptors (Lipinski definition) is 3. The highest BCUT2D eigenvalue weighted by atomic mass is 16.6. The van der Waals surface area contributed by atoms with Gasteiger partial charge < -0.3 is 14.5 Å². The summed E-state index contributed by atoms with van der Waals surface area (Å²) in [5.74, 6) is 0.0949. The van der Waals surface area contributed by atoms with Gasteiger partial charge in [0.05, 0.1) is 0 Å². The van der Waals surface area contributed by atoms with Crippen LogP contribution in [0.25, 0.3) is 0 Å². The minimum absolute atomic E-state index is 0.0737. The number of hydrogen-bond donors (Lipinski definition) is 0. The number of benzene rings is 1. The Morgan fingerprint density at radius 3 is 2.21 bits per heavy atom. The van der Waals surface area contributed by atoms with E-state index in [1.165, 1.54) is 0 Å². The van der Waals surface area contributed by atoms with Crippen LogP contribution in [0.1, 0.15) is 42.3 Å². The van der Waals surface area contributed by atoms with Gasteiger partial charge in [-0.25, -0.2) is 4.79 Å². The van der Waals surface area contributed by atoms with Gasteiger partial charge in [-0.3, -0.25) is 4.79 Å². The summed E-state index contributed by atoms with van der Waals surface area (Å²) in [6, 6.07) is 5.84. The Morgan fingerprint density at radius 2 is 1.62 bits per heavy atom. The molecule has 0 aromatic heterocycles. The molecule has 1 aromatic rings. The molecule has 5 nitrogen and oxygen atoms in total. The minimum Gasteiger partial charge on any atom is -0.444 e. The van der Waals surface area contributed by atoms with Gasteiger partial charge in [0.2, 0.25) is 0 Å². The molecule has 0 bridgehead atoms. The van der Waals surface area contributed by atoms with Gasteiger partial charge >= 0.3 is 6.09 Å². The third-order valence-corrected chi connectivity index (χ3v) is 4.88. The maximum absolute atomic E-state index is 12.7. The van der Waals surface area contributed by atoms with E-state index in [4.69, 9.17) is 4.74 Å². The Kier molecular flexibility index (Phi) is 3.85. The summed E-state index contributed by atoms with van der Waals surface area (Å²) in [6.45, 7) is 12.4. The van der Waals surface area contributed by atoms with Crippen molar-refractivity contribution in [2.24, 2.45) is 5.41 Å². The van der Waals surface area contributed by atoms with E-state index in [-0.39, 0.29) is 17.4 Å². The van der Waals surface area contributed by atoms with Gasteiger partial charge in [0, 0.05) is 37.2 Å². The molecule has 3 rings (SSSR count). The molecule has 5 heteroatoms. The summed E-state index contributed by atoms with van der Waals surface area (Å²) >= 11 is 0. The largest absolute Gasteiger partial charge is 0.444 e. The number of aryl methyl sites for hydroxylation is 1. The first-order chi connectivity index (χ1) is 11.1. The molecule has 0 aliphatic carbocycles. The lowest BCUT2D eigenvalue weighted by molar-refractivity contribution is -0.0980. The van der Waals surface area contributed by atoms with Crippen LogP contribution in [0.15, 0.2) is 18.2 Å². The summed E-state index contributed by atoms with van der Waals surface area (Å²) in [5, 5.41) is 0. The average Bonchev–Trinajstić information content (AvgIpc) is 2.36. The quantitative estimate of drug-likeness (QED) is 0.795. The van der Waals surface area contributed by atoms with Crippen molar-refractivity contribution in [2.45, 2.75) is 40.2 Å². The average molecular weight is 330 g/mol. The van der Waals surface area contributed by atoms with E-state index >= 15 is 0 Å². The molecular weight excluding hydrogens is 304 g/mol. The van der Waals surface area contributed by atoms with E-state index in [0.29, 0.717) is 13.1 Å². The fourth-order valence-electron chi connectivity index (χ4n) is 3.48. The second-order valence-electron chi connectivity index (χ2n) is 8.25. The molecule has 2 aliphatic heterocycles. The zero-order chi connectivity index (χ0) is 17.7. The summed E-state index contributed by atoms with van der Waals surface area (Å²) in [5.41, 5.74) is 2.57. The number of ether oxygens (including phenoxy) is 1. The fourth-order valence-corrected chi connectivity index (χ4v) is 3.48. The lowest BCUT2D eigenvalue weighted by Crippen LogP contribution is -2.73. The summed E-state index contributed by atoms with van der Waals surface area (Å²) < 4.78 is 5.38. The SMILES string of the molecule is Cc1cccc(C(=O)N2CC3(CN(C(=O)OC(C)(C)C)C3)C2)c1C. The molecule has 1 aromatic carbocycles. The zero-order valence-electron chi connectivity index (χ0n) is 15.2. The summed E-state index contributed by atoms with van der Waals surface area (Å²) in [6.07, 6.45) is -0.257. The number of carbonyl (C=O) groups excluding carboxylic acids is 2. The fraction of sp³-hybridized carbons (Fsp3) is 0.579. The van der Waals surface area contributed by atoms with Gasteiger partial charge in [0.25, 0.3) is 5.91 Å². The molecule has 0 radical (unpaired) electrons.